The fourth-order valence-electron chi connectivity index (χ4n) is 2.80. The Morgan fingerprint density at radius 3 is 2.83 bits per heavy atom. The first-order valence-corrected chi connectivity index (χ1v) is 9.01. The third-order valence-corrected chi connectivity index (χ3v) is 4.97. The van der Waals surface area contributed by atoms with Gasteiger partial charge in [0.2, 0.25) is 5.91 Å². The van der Waals surface area contributed by atoms with Gasteiger partial charge in [-0.15, -0.1) is 0 Å². The van der Waals surface area contributed by atoms with Crippen LogP contribution in [0.4, 0.5) is 5.13 Å². The molecule has 4 nitrogen and oxygen atoms in total. The molecule has 124 valence electrons. The van der Waals surface area contributed by atoms with E-state index in [-0.39, 0.29) is 17.4 Å². The molecule has 0 N–H and O–H groups in total. The number of carbonyl (C=O) groups is 1. The first-order valence-electron chi connectivity index (χ1n) is 8.20. The summed E-state index contributed by atoms with van der Waals surface area (Å²) in [6.07, 6.45) is 2.73. The second-order valence-electron chi connectivity index (χ2n) is 7.34. The van der Waals surface area contributed by atoms with Crippen LogP contribution in [0, 0.1) is 5.41 Å². The summed E-state index contributed by atoms with van der Waals surface area (Å²) >= 11 is 1.58. The van der Waals surface area contributed by atoms with E-state index in [1.165, 1.54) is 0 Å². The fraction of sp³-hybridized carbons (Fsp3) is 0.556. The number of para-hydroxylation sites is 1. The van der Waals surface area contributed by atoms with Crippen LogP contribution in [0.1, 0.15) is 40.0 Å². The minimum absolute atomic E-state index is 0.0391. The summed E-state index contributed by atoms with van der Waals surface area (Å²) in [6.45, 7) is 7.68. The SMILES string of the molecule is CC(C)(C)CC(=O)N(CC1CCCO1)c1nc2ccccc2s1. The van der Waals surface area contributed by atoms with Crippen LogP contribution in [-0.2, 0) is 9.53 Å². The third-order valence-electron chi connectivity index (χ3n) is 3.91. The number of benzene rings is 1. The van der Waals surface area contributed by atoms with Crippen LogP contribution >= 0.6 is 11.3 Å². The number of ether oxygens (including phenoxy) is 1. The van der Waals surface area contributed by atoms with E-state index in [1.807, 2.05) is 23.1 Å². The summed E-state index contributed by atoms with van der Waals surface area (Å²) in [7, 11) is 0. The van der Waals surface area contributed by atoms with Gasteiger partial charge in [0.25, 0.3) is 0 Å². The quantitative estimate of drug-likeness (QED) is 0.841. The predicted molar refractivity (Wildman–Crippen MR) is 95.0 cm³/mol. The average molecular weight is 332 g/mol. The monoisotopic (exact) mass is 332 g/mol. The molecule has 0 radical (unpaired) electrons. The second kappa shape index (κ2) is 6.57. The highest BCUT2D eigenvalue weighted by atomic mass is 32.1. The molecule has 0 bridgehead atoms. The van der Waals surface area contributed by atoms with Gasteiger partial charge in [-0.05, 0) is 30.4 Å². The Bertz CT molecular complexity index is 651. The molecule has 0 saturated carbocycles. The molecule has 2 heterocycles. The van der Waals surface area contributed by atoms with Gasteiger partial charge in [-0.1, -0.05) is 44.2 Å². The van der Waals surface area contributed by atoms with Crippen LogP contribution in [0.2, 0.25) is 0 Å². The van der Waals surface area contributed by atoms with Gasteiger partial charge >= 0.3 is 0 Å². The van der Waals surface area contributed by atoms with Crippen LogP contribution in [-0.4, -0.2) is 30.1 Å². The van der Waals surface area contributed by atoms with E-state index in [2.05, 4.69) is 31.8 Å². The summed E-state index contributed by atoms with van der Waals surface area (Å²) in [5.41, 5.74) is 0.913. The standard InChI is InChI=1S/C18H24N2O2S/c1-18(2,3)11-16(21)20(12-13-7-6-10-22-13)17-19-14-8-4-5-9-15(14)23-17/h4-5,8-9,13H,6-7,10-12H2,1-3H3. The third kappa shape index (κ3) is 4.09. The number of hydrogen-bond acceptors (Lipinski definition) is 4. The van der Waals surface area contributed by atoms with E-state index in [4.69, 9.17) is 4.74 Å². The number of amides is 1. The van der Waals surface area contributed by atoms with E-state index in [1.54, 1.807) is 11.3 Å². The van der Waals surface area contributed by atoms with Crippen molar-refractivity contribution < 1.29 is 9.53 Å². The summed E-state index contributed by atoms with van der Waals surface area (Å²) in [5.74, 6) is 0.132. The van der Waals surface area contributed by atoms with Crippen molar-refractivity contribution in [3.05, 3.63) is 24.3 Å². The minimum Gasteiger partial charge on any atom is -0.376 e. The molecule has 1 atom stereocenters. The van der Waals surface area contributed by atoms with Gasteiger partial charge in [-0.2, -0.15) is 0 Å². The Morgan fingerprint density at radius 2 is 2.17 bits per heavy atom. The first-order chi connectivity index (χ1) is 10.9. The van der Waals surface area contributed by atoms with Crippen molar-refractivity contribution in [2.45, 2.75) is 46.1 Å². The lowest BCUT2D eigenvalue weighted by Gasteiger charge is -2.26. The predicted octanol–water partition coefficient (Wildman–Crippen LogP) is 4.24. The van der Waals surface area contributed by atoms with E-state index in [9.17, 15) is 4.79 Å². The van der Waals surface area contributed by atoms with Crippen molar-refractivity contribution in [3.8, 4) is 0 Å². The maximum absolute atomic E-state index is 12.9. The molecular formula is C18H24N2O2S. The fourth-order valence-corrected chi connectivity index (χ4v) is 3.80. The van der Waals surface area contributed by atoms with Gasteiger partial charge in [0.05, 0.1) is 22.9 Å². The number of thiazole rings is 1. The van der Waals surface area contributed by atoms with Crippen molar-refractivity contribution >= 4 is 32.6 Å². The Morgan fingerprint density at radius 1 is 1.39 bits per heavy atom. The molecule has 0 aliphatic carbocycles. The van der Waals surface area contributed by atoms with E-state index in [0.717, 1.165) is 34.8 Å². The lowest BCUT2D eigenvalue weighted by Crippen LogP contribution is -2.39. The van der Waals surface area contributed by atoms with Crippen LogP contribution in [0.15, 0.2) is 24.3 Å². The molecule has 1 fully saturated rings. The zero-order valence-electron chi connectivity index (χ0n) is 14.0. The molecular weight excluding hydrogens is 308 g/mol. The van der Waals surface area contributed by atoms with E-state index < -0.39 is 0 Å². The van der Waals surface area contributed by atoms with E-state index in [0.29, 0.717) is 13.0 Å². The van der Waals surface area contributed by atoms with Crippen molar-refractivity contribution in [2.75, 3.05) is 18.1 Å². The van der Waals surface area contributed by atoms with Gasteiger partial charge < -0.3 is 4.74 Å². The molecule has 1 saturated heterocycles. The molecule has 23 heavy (non-hydrogen) atoms. The van der Waals surface area contributed by atoms with Crippen molar-refractivity contribution in [3.63, 3.8) is 0 Å². The van der Waals surface area contributed by atoms with E-state index >= 15 is 0 Å². The number of carbonyl (C=O) groups excluding carboxylic acids is 1. The second-order valence-corrected chi connectivity index (χ2v) is 8.35. The van der Waals surface area contributed by atoms with Gasteiger partial charge in [-0.3, -0.25) is 9.69 Å². The van der Waals surface area contributed by atoms with Crippen molar-refractivity contribution in [2.24, 2.45) is 5.41 Å². The van der Waals surface area contributed by atoms with Gasteiger partial charge in [0.15, 0.2) is 5.13 Å². The molecule has 0 spiro atoms. The zero-order chi connectivity index (χ0) is 16.4. The molecule has 1 aliphatic heterocycles. The average Bonchev–Trinajstić information content (AvgIpc) is 3.11. The Balaban J connectivity index is 1.87. The number of hydrogen-bond donors (Lipinski definition) is 0. The van der Waals surface area contributed by atoms with Crippen LogP contribution in [0.25, 0.3) is 10.2 Å². The molecule has 1 unspecified atom stereocenters. The topological polar surface area (TPSA) is 42.4 Å². The highest BCUT2D eigenvalue weighted by molar-refractivity contribution is 7.22. The molecule has 5 heteroatoms. The first kappa shape index (κ1) is 16.4. The molecule has 1 amide bonds. The van der Waals surface area contributed by atoms with Gasteiger partial charge in [0.1, 0.15) is 0 Å². The number of fused-ring (bicyclic) bond motifs is 1. The highest BCUT2D eigenvalue weighted by Gasteiger charge is 2.28. The lowest BCUT2D eigenvalue weighted by atomic mass is 9.91. The number of anilines is 1. The number of nitrogens with zero attached hydrogens (tertiary/aromatic N) is 2. The zero-order valence-corrected chi connectivity index (χ0v) is 14.9. The normalized spacial score (nSPS) is 18.5. The lowest BCUT2D eigenvalue weighted by molar-refractivity contribution is -0.120. The van der Waals surface area contributed by atoms with Crippen LogP contribution in [0.5, 0.6) is 0 Å². The molecule has 3 rings (SSSR count). The maximum atomic E-state index is 12.9. The molecule has 2 aromatic rings. The Hall–Kier alpha value is -1.46. The van der Waals surface area contributed by atoms with Crippen molar-refractivity contribution in [1.29, 1.82) is 0 Å². The molecule has 1 aliphatic rings. The summed E-state index contributed by atoms with van der Waals surface area (Å²) < 4.78 is 6.86. The number of aromatic nitrogens is 1. The number of rotatable bonds is 4. The molecule has 1 aromatic carbocycles. The van der Waals surface area contributed by atoms with Gasteiger partial charge in [0, 0.05) is 13.0 Å². The van der Waals surface area contributed by atoms with Crippen LogP contribution < -0.4 is 4.90 Å². The minimum atomic E-state index is -0.0391. The Kier molecular flexibility index (Phi) is 4.69. The molecule has 1 aromatic heterocycles. The largest absolute Gasteiger partial charge is 0.376 e. The Labute approximate surface area is 141 Å². The maximum Gasteiger partial charge on any atom is 0.229 e. The van der Waals surface area contributed by atoms with Gasteiger partial charge in [-0.25, -0.2) is 4.98 Å². The summed E-state index contributed by atoms with van der Waals surface area (Å²) in [5, 5.41) is 0.788. The smallest absolute Gasteiger partial charge is 0.229 e. The summed E-state index contributed by atoms with van der Waals surface area (Å²) in [6, 6.07) is 8.03. The van der Waals surface area contributed by atoms with Crippen molar-refractivity contribution in [1.82, 2.24) is 4.98 Å². The van der Waals surface area contributed by atoms with Crippen LogP contribution in [0.3, 0.4) is 0 Å². The highest BCUT2D eigenvalue weighted by Crippen LogP contribution is 2.31. The summed E-state index contributed by atoms with van der Waals surface area (Å²) in [4.78, 5) is 19.4.